The van der Waals surface area contributed by atoms with Gasteiger partial charge in [-0.2, -0.15) is 0 Å². The van der Waals surface area contributed by atoms with Gasteiger partial charge in [0.1, 0.15) is 0 Å². The normalized spacial score (nSPS) is 11.0. The highest BCUT2D eigenvalue weighted by atomic mass is 16.2. The van der Waals surface area contributed by atoms with Crippen LogP contribution in [0, 0.1) is 13.8 Å². The van der Waals surface area contributed by atoms with Crippen LogP contribution in [-0.4, -0.2) is 23.9 Å². The van der Waals surface area contributed by atoms with E-state index in [0.29, 0.717) is 11.3 Å². The van der Waals surface area contributed by atoms with Gasteiger partial charge in [-0.05, 0) is 70.0 Å². The maximum Gasteiger partial charge on any atom is 0.251 e. The number of hydrogen-bond donors (Lipinski definition) is 3. The van der Waals surface area contributed by atoms with Crippen molar-refractivity contribution in [3.05, 3.63) is 59.2 Å². The van der Waals surface area contributed by atoms with Gasteiger partial charge in [-0.15, -0.1) is 0 Å². The van der Waals surface area contributed by atoms with E-state index in [1.165, 1.54) is 0 Å². The number of carbonyl (C=O) groups excluding carboxylic acids is 2. The molecule has 2 rings (SSSR count). The fraction of sp³-hybridized carbons (Fsp3) is 0.333. The number of anilines is 2. The van der Waals surface area contributed by atoms with E-state index in [2.05, 4.69) is 16.0 Å². The minimum atomic E-state index is -0.288. The van der Waals surface area contributed by atoms with Gasteiger partial charge in [0, 0.05) is 22.5 Å². The SMILES string of the molecule is Cc1cccc(C)c1NCC(=O)Nc1ccc(C(=O)NC(C)(C)C)cc1. The molecule has 2 aromatic carbocycles. The van der Waals surface area contributed by atoms with Gasteiger partial charge in [-0.25, -0.2) is 0 Å². The van der Waals surface area contributed by atoms with Gasteiger partial charge >= 0.3 is 0 Å². The molecule has 0 aliphatic heterocycles. The van der Waals surface area contributed by atoms with Crippen LogP contribution in [0.5, 0.6) is 0 Å². The van der Waals surface area contributed by atoms with E-state index in [9.17, 15) is 9.59 Å². The molecule has 0 aliphatic rings. The van der Waals surface area contributed by atoms with Crippen molar-refractivity contribution in [2.75, 3.05) is 17.2 Å². The summed E-state index contributed by atoms with van der Waals surface area (Å²) < 4.78 is 0. The van der Waals surface area contributed by atoms with E-state index in [1.807, 2.05) is 52.8 Å². The summed E-state index contributed by atoms with van der Waals surface area (Å²) in [6.45, 7) is 10.00. The third kappa shape index (κ3) is 5.62. The van der Waals surface area contributed by atoms with Gasteiger partial charge in [0.15, 0.2) is 0 Å². The summed E-state index contributed by atoms with van der Waals surface area (Å²) in [6.07, 6.45) is 0. The Bertz CT molecular complexity index is 770. The third-order valence-electron chi connectivity index (χ3n) is 3.83. The molecule has 138 valence electrons. The molecular weight excluding hydrogens is 326 g/mol. The number of aryl methyl sites for hydroxylation is 2. The van der Waals surface area contributed by atoms with Crippen molar-refractivity contribution in [3.8, 4) is 0 Å². The topological polar surface area (TPSA) is 70.2 Å². The number of para-hydroxylation sites is 1. The van der Waals surface area contributed by atoms with Crippen LogP contribution in [0.25, 0.3) is 0 Å². The Morgan fingerprint density at radius 1 is 0.923 bits per heavy atom. The van der Waals surface area contributed by atoms with E-state index < -0.39 is 0 Å². The van der Waals surface area contributed by atoms with E-state index in [4.69, 9.17) is 0 Å². The molecule has 5 heteroatoms. The highest BCUT2D eigenvalue weighted by Gasteiger charge is 2.15. The predicted molar refractivity (Wildman–Crippen MR) is 107 cm³/mol. The Kier molecular flexibility index (Phi) is 6.03. The molecule has 2 aromatic rings. The van der Waals surface area contributed by atoms with Gasteiger partial charge in [-0.1, -0.05) is 18.2 Å². The molecule has 3 N–H and O–H groups in total. The number of nitrogens with one attached hydrogen (secondary N) is 3. The molecule has 0 unspecified atom stereocenters. The summed E-state index contributed by atoms with van der Waals surface area (Å²) in [5, 5.41) is 8.92. The van der Waals surface area contributed by atoms with Gasteiger partial charge in [0.05, 0.1) is 6.54 Å². The lowest BCUT2D eigenvalue weighted by molar-refractivity contribution is -0.114. The molecular formula is C21H27N3O2. The molecule has 0 saturated carbocycles. The Labute approximate surface area is 155 Å². The van der Waals surface area contributed by atoms with E-state index in [0.717, 1.165) is 16.8 Å². The molecule has 5 nitrogen and oxygen atoms in total. The summed E-state index contributed by atoms with van der Waals surface area (Å²) in [5.41, 5.74) is 4.12. The number of hydrogen-bond acceptors (Lipinski definition) is 3. The van der Waals surface area contributed by atoms with Crippen molar-refractivity contribution in [2.24, 2.45) is 0 Å². The molecule has 0 atom stereocenters. The zero-order valence-corrected chi connectivity index (χ0v) is 16.1. The molecule has 0 bridgehead atoms. The summed E-state index contributed by atoms with van der Waals surface area (Å²) in [7, 11) is 0. The highest BCUT2D eigenvalue weighted by molar-refractivity contribution is 5.97. The molecule has 0 fully saturated rings. The first-order valence-electron chi connectivity index (χ1n) is 8.68. The molecule has 0 heterocycles. The van der Waals surface area contributed by atoms with Crippen molar-refractivity contribution < 1.29 is 9.59 Å². The van der Waals surface area contributed by atoms with E-state index >= 15 is 0 Å². The van der Waals surface area contributed by atoms with Crippen LogP contribution in [0.1, 0.15) is 42.3 Å². The lowest BCUT2D eigenvalue weighted by Gasteiger charge is -2.20. The Morgan fingerprint density at radius 2 is 1.50 bits per heavy atom. The van der Waals surface area contributed by atoms with Crippen LogP contribution in [-0.2, 0) is 4.79 Å². The van der Waals surface area contributed by atoms with E-state index in [-0.39, 0.29) is 23.9 Å². The average Bonchev–Trinajstić information content (AvgIpc) is 2.53. The minimum absolute atomic E-state index is 0.132. The monoisotopic (exact) mass is 353 g/mol. The van der Waals surface area contributed by atoms with Crippen LogP contribution in [0.4, 0.5) is 11.4 Å². The van der Waals surface area contributed by atoms with Gasteiger partial charge in [0.2, 0.25) is 5.91 Å². The third-order valence-corrected chi connectivity index (χ3v) is 3.83. The Morgan fingerprint density at radius 3 is 2.04 bits per heavy atom. The largest absolute Gasteiger partial charge is 0.376 e. The smallest absolute Gasteiger partial charge is 0.251 e. The van der Waals surface area contributed by atoms with Crippen LogP contribution in [0.2, 0.25) is 0 Å². The summed E-state index contributed by atoms with van der Waals surface area (Å²) >= 11 is 0. The van der Waals surface area contributed by atoms with Gasteiger partial charge in [-0.3, -0.25) is 9.59 Å². The fourth-order valence-electron chi connectivity index (χ4n) is 2.58. The second-order valence-corrected chi connectivity index (χ2v) is 7.45. The quantitative estimate of drug-likeness (QED) is 0.764. The van der Waals surface area contributed by atoms with Gasteiger partial charge < -0.3 is 16.0 Å². The van der Waals surface area contributed by atoms with E-state index in [1.54, 1.807) is 24.3 Å². The van der Waals surface area contributed by atoms with Crippen LogP contribution in [0.15, 0.2) is 42.5 Å². The number of rotatable bonds is 5. The second kappa shape index (κ2) is 8.04. The summed E-state index contributed by atoms with van der Waals surface area (Å²) in [6, 6.07) is 12.9. The molecule has 0 radical (unpaired) electrons. The minimum Gasteiger partial charge on any atom is -0.376 e. The molecule has 0 spiro atoms. The summed E-state index contributed by atoms with van der Waals surface area (Å²) in [5.74, 6) is -0.272. The molecule has 0 aliphatic carbocycles. The Hall–Kier alpha value is -2.82. The molecule has 0 aromatic heterocycles. The van der Waals surface area contributed by atoms with Crippen molar-refractivity contribution in [3.63, 3.8) is 0 Å². The lowest BCUT2D eigenvalue weighted by atomic mass is 10.1. The van der Waals surface area contributed by atoms with Crippen molar-refractivity contribution in [2.45, 2.75) is 40.2 Å². The molecule has 2 amide bonds. The standard InChI is InChI=1S/C21H27N3O2/c1-14-7-6-8-15(2)19(14)22-13-18(25)23-17-11-9-16(10-12-17)20(26)24-21(3,4)5/h6-12,22H,13H2,1-5H3,(H,23,25)(H,24,26). The summed E-state index contributed by atoms with van der Waals surface area (Å²) in [4.78, 5) is 24.3. The van der Waals surface area contributed by atoms with Gasteiger partial charge in [0.25, 0.3) is 5.91 Å². The first kappa shape index (κ1) is 19.5. The van der Waals surface area contributed by atoms with Crippen LogP contribution < -0.4 is 16.0 Å². The first-order valence-corrected chi connectivity index (χ1v) is 8.68. The molecule has 26 heavy (non-hydrogen) atoms. The maximum atomic E-state index is 12.2. The lowest BCUT2D eigenvalue weighted by Crippen LogP contribution is -2.40. The number of amides is 2. The highest BCUT2D eigenvalue weighted by Crippen LogP contribution is 2.19. The number of benzene rings is 2. The zero-order valence-electron chi connectivity index (χ0n) is 16.1. The Balaban J connectivity index is 1.92. The van der Waals surface area contributed by atoms with Crippen molar-refractivity contribution >= 4 is 23.2 Å². The average molecular weight is 353 g/mol. The predicted octanol–water partition coefficient (Wildman–Crippen LogP) is 3.88. The first-order chi connectivity index (χ1) is 12.2. The van der Waals surface area contributed by atoms with Crippen LogP contribution in [0.3, 0.4) is 0 Å². The molecule has 0 saturated heterocycles. The second-order valence-electron chi connectivity index (χ2n) is 7.45. The number of carbonyl (C=O) groups is 2. The van der Waals surface area contributed by atoms with Crippen LogP contribution >= 0.6 is 0 Å². The fourth-order valence-corrected chi connectivity index (χ4v) is 2.58. The van der Waals surface area contributed by atoms with Crippen molar-refractivity contribution in [1.29, 1.82) is 0 Å². The maximum absolute atomic E-state index is 12.2. The zero-order chi connectivity index (χ0) is 19.3. The van der Waals surface area contributed by atoms with Crippen molar-refractivity contribution in [1.82, 2.24) is 5.32 Å².